The third kappa shape index (κ3) is 5.48. The Hall–Kier alpha value is -1.30. The molecule has 1 aromatic carbocycles. The fraction of sp³-hybridized carbons (Fsp3) is 0.375. The van der Waals surface area contributed by atoms with Gasteiger partial charge in [-0.3, -0.25) is 4.79 Å². The van der Waals surface area contributed by atoms with E-state index in [9.17, 15) is 9.18 Å². The number of rotatable bonds is 7. The molecule has 2 aromatic rings. The standard InChI is InChI=1S/C16H19FN2OS.ClH/c1-11-19-14(10-21-11)6-3-12-2-4-13(16(17)8-12)5-7-15(20)9-18;/h2,4,8,10H,3,5-7,9,18H2,1H3;1H. The zero-order valence-corrected chi connectivity index (χ0v) is 14.1. The van der Waals surface area contributed by atoms with Crippen molar-refractivity contribution in [1.29, 1.82) is 0 Å². The van der Waals surface area contributed by atoms with Crippen LogP contribution in [0.15, 0.2) is 23.6 Å². The number of ketones is 1. The van der Waals surface area contributed by atoms with Crippen LogP contribution in [0.4, 0.5) is 4.39 Å². The number of benzene rings is 1. The number of thiazole rings is 1. The number of aromatic nitrogens is 1. The highest BCUT2D eigenvalue weighted by Gasteiger charge is 2.07. The van der Waals surface area contributed by atoms with Crippen molar-refractivity contribution in [3.8, 4) is 0 Å². The number of carbonyl (C=O) groups excluding carboxylic acids is 1. The molecule has 0 aliphatic carbocycles. The predicted octanol–water partition coefficient (Wildman–Crippen LogP) is 3.26. The average Bonchev–Trinajstić information content (AvgIpc) is 2.89. The quantitative estimate of drug-likeness (QED) is 0.840. The molecule has 0 amide bonds. The van der Waals surface area contributed by atoms with E-state index in [0.717, 1.165) is 29.1 Å². The van der Waals surface area contributed by atoms with E-state index in [2.05, 4.69) is 4.98 Å². The number of aryl methyl sites for hydroxylation is 4. The van der Waals surface area contributed by atoms with E-state index in [1.165, 1.54) is 0 Å². The summed E-state index contributed by atoms with van der Waals surface area (Å²) in [5.41, 5.74) is 7.82. The third-order valence-corrected chi connectivity index (χ3v) is 4.18. The molecule has 0 saturated carbocycles. The second kappa shape index (κ2) is 8.98. The Labute approximate surface area is 140 Å². The molecule has 0 spiro atoms. The van der Waals surface area contributed by atoms with Gasteiger partial charge in [-0.2, -0.15) is 0 Å². The zero-order valence-electron chi connectivity index (χ0n) is 12.5. The molecule has 2 N–H and O–H groups in total. The van der Waals surface area contributed by atoms with Gasteiger partial charge in [0.2, 0.25) is 0 Å². The summed E-state index contributed by atoms with van der Waals surface area (Å²) in [4.78, 5) is 15.6. The van der Waals surface area contributed by atoms with Crippen LogP contribution in [0.5, 0.6) is 0 Å². The molecule has 1 heterocycles. The second-order valence-electron chi connectivity index (χ2n) is 5.03. The highest BCUT2D eigenvalue weighted by molar-refractivity contribution is 7.09. The normalized spacial score (nSPS) is 10.3. The molecular weight excluding hydrogens is 323 g/mol. The Morgan fingerprint density at radius 2 is 2.09 bits per heavy atom. The van der Waals surface area contributed by atoms with E-state index in [-0.39, 0.29) is 30.6 Å². The van der Waals surface area contributed by atoms with Crippen LogP contribution in [-0.4, -0.2) is 17.3 Å². The van der Waals surface area contributed by atoms with E-state index in [0.29, 0.717) is 18.4 Å². The lowest BCUT2D eigenvalue weighted by molar-refractivity contribution is -0.117. The summed E-state index contributed by atoms with van der Waals surface area (Å²) < 4.78 is 14.0. The Balaban J connectivity index is 0.00000242. The van der Waals surface area contributed by atoms with Gasteiger partial charge in [-0.1, -0.05) is 12.1 Å². The molecule has 0 saturated heterocycles. The number of nitrogens with zero attached hydrogens (tertiary/aromatic N) is 1. The first-order valence-corrected chi connectivity index (χ1v) is 7.86. The predicted molar refractivity (Wildman–Crippen MR) is 90.3 cm³/mol. The molecule has 6 heteroatoms. The van der Waals surface area contributed by atoms with Crippen molar-refractivity contribution >= 4 is 29.5 Å². The van der Waals surface area contributed by atoms with Crippen molar-refractivity contribution in [1.82, 2.24) is 4.98 Å². The van der Waals surface area contributed by atoms with Crippen LogP contribution >= 0.6 is 23.7 Å². The van der Waals surface area contributed by atoms with Gasteiger partial charge in [0.25, 0.3) is 0 Å². The lowest BCUT2D eigenvalue weighted by Gasteiger charge is -2.05. The zero-order chi connectivity index (χ0) is 15.2. The molecule has 2 rings (SSSR count). The topological polar surface area (TPSA) is 56.0 Å². The second-order valence-corrected chi connectivity index (χ2v) is 6.09. The van der Waals surface area contributed by atoms with Crippen LogP contribution in [0.3, 0.4) is 0 Å². The monoisotopic (exact) mass is 342 g/mol. The molecule has 0 atom stereocenters. The summed E-state index contributed by atoms with van der Waals surface area (Å²) in [5.74, 6) is -0.288. The Morgan fingerprint density at radius 3 is 2.68 bits per heavy atom. The minimum atomic E-state index is -0.244. The first kappa shape index (κ1) is 18.7. The highest BCUT2D eigenvalue weighted by Crippen LogP contribution is 2.15. The molecular formula is C16H20ClFN2OS. The van der Waals surface area contributed by atoms with Crippen LogP contribution in [0.2, 0.25) is 0 Å². The smallest absolute Gasteiger partial charge is 0.146 e. The molecule has 0 fully saturated rings. The fourth-order valence-corrected chi connectivity index (χ4v) is 2.77. The maximum absolute atomic E-state index is 14.0. The molecule has 120 valence electrons. The fourth-order valence-electron chi connectivity index (χ4n) is 2.12. The maximum atomic E-state index is 14.0. The molecule has 0 aliphatic heterocycles. The SMILES string of the molecule is Cc1nc(CCc2ccc(CCC(=O)CN)c(F)c2)cs1.Cl. The number of halogens is 2. The number of Topliss-reactive ketones (excluding diaryl/α,β-unsaturated/α-hetero) is 1. The summed E-state index contributed by atoms with van der Waals surface area (Å²) in [6.07, 6.45) is 2.29. The molecule has 1 aromatic heterocycles. The summed E-state index contributed by atoms with van der Waals surface area (Å²) >= 11 is 1.63. The van der Waals surface area contributed by atoms with Gasteiger partial charge in [0.05, 0.1) is 17.2 Å². The lowest BCUT2D eigenvalue weighted by Crippen LogP contribution is -2.14. The largest absolute Gasteiger partial charge is 0.324 e. The number of hydrogen-bond donors (Lipinski definition) is 1. The molecule has 0 aliphatic rings. The van der Waals surface area contributed by atoms with Crippen LogP contribution < -0.4 is 5.73 Å². The average molecular weight is 343 g/mol. The van der Waals surface area contributed by atoms with Crippen LogP contribution in [0, 0.1) is 12.7 Å². The van der Waals surface area contributed by atoms with Crippen LogP contribution in [0.1, 0.15) is 28.2 Å². The molecule has 0 unspecified atom stereocenters. The van der Waals surface area contributed by atoms with Crippen molar-refractivity contribution in [3.05, 3.63) is 51.2 Å². The Kier molecular flexibility index (Phi) is 7.65. The number of nitrogens with two attached hydrogens (primary N) is 1. The maximum Gasteiger partial charge on any atom is 0.146 e. The molecule has 22 heavy (non-hydrogen) atoms. The van der Waals surface area contributed by atoms with Crippen molar-refractivity contribution in [2.24, 2.45) is 5.73 Å². The van der Waals surface area contributed by atoms with Gasteiger partial charge in [-0.15, -0.1) is 23.7 Å². The van der Waals surface area contributed by atoms with Crippen molar-refractivity contribution < 1.29 is 9.18 Å². The minimum absolute atomic E-state index is 0. The number of carbonyl (C=O) groups is 1. The van der Waals surface area contributed by atoms with E-state index < -0.39 is 0 Å². The van der Waals surface area contributed by atoms with Crippen molar-refractivity contribution in [2.75, 3.05) is 6.54 Å². The lowest BCUT2D eigenvalue weighted by atomic mass is 10.0. The van der Waals surface area contributed by atoms with Gasteiger partial charge in [-0.25, -0.2) is 9.37 Å². The first-order chi connectivity index (χ1) is 10.1. The highest BCUT2D eigenvalue weighted by atomic mass is 35.5. The van der Waals surface area contributed by atoms with E-state index in [1.54, 1.807) is 23.5 Å². The first-order valence-electron chi connectivity index (χ1n) is 6.98. The van der Waals surface area contributed by atoms with Crippen LogP contribution in [0.25, 0.3) is 0 Å². The van der Waals surface area contributed by atoms with E-state index in [4.69, 9.17) is 5.73 Å². The summed E-state index contributed by atoms with van der Waals surface area (Å²) in [5, 5.41) is 3.09. The van der Waals surface area contributed by atoms with Gasteiger partial charge >= 0.3 is 0 Å². The van der Waals surface area contributed by atoms with E-state index >= 15 is 0 Å². The van der Waals surface area contributed by atoms with Crippen molar-refractivity contribution in [2.45, 2.75) is 32.6 Å². The number of hydrogen-bond acceptors (Lipinski definition) is 4. The minimum Gasteiger partial charge on any atom is -0.324 e. The van der Waals surface area contributed by atoms with Gasteiger partial charge in [0.15, 0.2) is 0 Å². The molecule has 0 radical (unpaired) electrons. The van der Waals surface area contributed by atoms with Gasteiger partial charge < -0.3 is 5.73 Å². The Bertz CT molecular complexity index is 630. The molecule has 3 nitrogen and oxygen atoms in total. The van der Waals surface area contributed by atoms with Gasteiger partial charge in [0.1, 0.15) is 11.6 Å². The van der Waals surface area contributed by atoms with Gasteiger partial charge in [0, 0.05) is 11.8 Å². The summed E-state index contributed by atoms with van der Waals surface area (Å²) in [6.45, 7) is 2.00. The van der Waals surface area contributed by atoms with Crippen LogP contribution in [-0.2, 0) is 24.1 Å². The van der Waals surface area contributed by atoms with Gasteiger partial charge in [-0.05, 0) is 43.4 Å². The summed E-state index contributed by atoms with van der Waals surface area (Å²) in [7, 11) is 0. The van der Waals surface area contributed by atoms with E-state index in [1.807, 2.05) is 18.4 Å². The third-order valence-electron chi connectivity index (χ3n) is 3.35. The summed E-state index contributed by atoms with van der Waals surface area (Å²) in [6, 6.07) is 5.24. The molecule has 0 bridgehead atoms. The Morgan fingerprint density at radius 1 is 1.32 bits per heavy atom. The van der Waals surface area contributed by atoms with Crippen molar-refractivity contribution in [3.63, 3.8) is 0 Å².